The zero-order valence-corrected chi connectivity index (χ0v) is 12.1. The van der Waals surface area contributed by atoms with E-state index in [-0.39, 0.29) is 6.04 Å². The lowest BCUT2D eigenvalue weighted by Gasteiger charge is -2.20. The van der Waals surface area contributed by atoms with Gasteiger partial charge in [-0.1, -0.05) is 17.8 Å². The molecule has 0 aliphatic carbocycles. The Bertz CT molecular complexity index is 600. The summed E-state index contributed by atoms with van der Waals surface area (Å²) in [7, 11) is 1.98. The number of hydrogen-bond donors (Lipinski definition) is 1. The van der Waals surface area contributed by atoms with E-state index < -0.39 is 0 Å². The number of nitrogens with zero attached hydrogens (tertiary/aromatic N) is 2. The van der Waals surface area contributed by atoms with E-state index in [0.29, 0.717) is 13.2 Å². The van der Waals surface area contributed by atoms with Gasteiger partial charge < -0.3 is 19.8 Å². The summed E-state index contributed by atoms with van der Waals surface area (Å²) in [5.74, 6) is 2.35. The van der Waals surface area contributed by atoms with Gasteiger partial charge in [0, 0.05) is 31.2 Å². The third kappa shape index (κ3) is 2.76. The van der Waals surface area contributed by atoms with Crippen LogP contribution in [0, 0.1) is 0 Å². The topological polar surface area (TPSA) is 62.3 Å². The van der Waals surface area contributed by atoms with Gasteiger partial charge in [0.2, 0.25) is 0 Å². The Morgan fingerprint density at radius 1 is 1.35 bits per heavy atom. The first kappa shape index (κ1) is 13.3. The Morgan fingerprint density at radius 3 is 2.90 bits per heavy atom. The highest BCUT2D eigenvalue weighted by molar-refractivity contribution is 7.99. The van der Waals surface area contributed by atoms with Gasteiger partial charge >= 0.3 is 0 Å². The molecule has 0 bridgehead atoms. The molecule has 1 atom stereocenters. The Labute approximate surface area is 122 Å². The molecule has 0 saturated heterocycles. The average Bonchev–Trinajstić information content (AvgIpc) is 2.89. The summed E-state index contributed by atoms with van der Waals surface area (Å²) >= 11 is 1.65. The first-order valence-electron chi connectivity index (χ1n) is 6.49. The quantitative estimate of drug-likeness (QED) is 0.873. The molecule has 5 nitrogen and oxygen atoms in total. The summed E-state index contributed by atoms with van der Waals surface area (Å²) in [5.41, 5.74) is 7.29. The van der Waals surface area contributed by atoms with Crippen LogP contribution >= 0.6 is 11.8 Å². The first-order chi connectivity index (χ1) is 9.74. The van der Waals surface area contributed by atoms with Gasteiger partial charge in [-0.15, -0.1) is 0 Å². The number of benzene rings is 1. The van der Waals surface area contributed by atoms with Crippen molar-refractivity contribution < 1.29 is 9.47 Å². The molecule has 1 aliphatic heterocycles. The summed E-state index contributed by atoms with van der Waals surface area (Å²) in [4.78, 5) is 4.28. The summed E-state index contributed by atoms with van der Waals surface area (Å²) in [5, 5.41) is 0.970. The molecule has 0 saturated carbocycles. The maximum absolute atomic E-state index is 6.24. The minimum Gasteiger partial charge on any atom is -0.486 e. The van der Waals surface area contributed by atoms with Gasteiger partial charge in [0.1, 0.15) is 13.2 Å². The highest BCUT2D eigenvalue weighted by atomic mass is 32.2. The highest BCUT2D eigenvalue weighted by Gasteiger charge is 2.15. The van der Waals surface area contributed by atoms with Crippen LogP contribution in [0.2, 0.25) is 0 Å². The van der Waals surface area contributed by atoms with E-state index in [1.807, 2.05) is 36.0 Å². The van der Waals surface area contributed by atoms with Crippen molar-refractivity contribution in [2.75, 3.05) is 19.0 Å². The molecule has 1 aromatic carbocycles. The van der Waals surface area contributed by atoms with Crippen molar-refractivity contribution >= 4 is 11.8 Å². The predicted octanol–water partition coefficient (Wildman–Crippen LogP) is 1.98. The van der Waals surface area contributed by atoms with E-state index in [1.54, 1.807) is 18.0 Å². The van der Waals surface area contributed by atoms with Gasteiger partial charge in [0.25, 0.3) is 0 Å². The number of ether oxygens (including phenoxy) is 2. The number of fused-ring (bicyclic) bond motifs is 1. The highest BCUT2D eigenvalue weighted by Crippen LogP contribution is 2.33. The number of thioether (sulfide) groups is 1. The summed E-state index contributed by atoms with van der Waals surface area (Å²) in [6.07, 6.45) is 3.72. The Kier molecular flexibility index (Phi) is 3.84. The third-order valence-corrected chi connectivity index (χ3v) is 4.34. The Morgan fingerprint density at radius 2 is 2.15 bits per heavy atom. The molecule has 1 aromatic heterocycles. The minimum atomic E-state index is -0.0625. The van der Waals surface area contributed by atoms with Crippen molar-refractivity contribution in [1.29, 1.82) is 0 Å². The maximum atomic E-state index is 6.24. The normalized spacial score (nSPS) is 15.1. The number of rotatable bonds is 4. The zero-order valence-electron chi connectivity index (χ0n) is 11.3. The second-order valence-electron chi connectivity index (χ2n) is 4.64. The molecular formula is C14H17N3O2S. The number of aryl methyl sites for hydroxylation is 1. The summed E-state index contributed by atoms with van der Waals surface area (Å²) in [6, 6.07) is 5.83. The molecule has 0 spiro atoms. The Hall–Kier alpha value is -1.66. The van der Waals surface area contributed by atoms with Crippen molar-refractivity contribution in [3.05, 3.63) is 36.2 Å². The fraction of sp³-hybridized carbons (Fsp3) is 0.357. The molecule has 106 valence electrons. The van der Waals surface area contributed by atoms with Crippen LogP contribution in [0.1, 0.15) is 11.6 Å². The summed E-state index contributed by atoms with van der Waals surface area (Å²) in [6.45, 7) is 1.20. The molecule has 3 rings (SSSR count). The molecule has 1 aliphatic rings. The first-order valence-corrected chi connectivity index (χ1v) is 7.48. The SMILES string of the molecule is Cn1ccnc1SCC(N)c1ccc2c(c1)OCCO2. The molecule has 2 N–H and O–H groups in total. The average molecular weight is 291 g/mol. The van der Waals surface area contributed by atoms with Crippen molar-refractivity contribution in [2.24, 2.45) is 12.8 Å². The standard InChI is InChI=1S/C14H17N3O2S/c1-17-5-4-16-14(17)20-9-11(15)10-2-3-12-13(8-10)19-7-6-18-12/h2-5,8,11H,6-7,9,15H2,1H3. The Balaban J connectivity index is 1.67. The molecule has 2 heterocycles. The molecule has 1 unspecified atom stereocenters. The van der Waals surface area contributed by atoms with Crippen LogP contribution in [0.5, 0.6) is 11.5 Å². The van der Waals surface area contributed by atoms with Gasteiger partial charge in [0.15, 0.2) is 16.7 Å². The molecule has 0 fully saturated rings. The molecule has 20 heavy (non-hydrogen) atoms. The van der Waals surface area contributed by atoms with Gasteiger partial charge in [0.05, 0.1) is 0 Å². The van der Waals surface area contributed by atoms with E-state index in [9.17, 15) is 0 Å². The lowest BCUT2D eigenvalue weighted by molar-refractivity contribution is 0.171. The van der Waals surface area contributed by atoms with Crippen molar-refractivity contribution in [3.63, 3.8) is 0 Å². The largest absolute Gasteiger partial charge is 0.486 e. The van der Waals surface area contributed by atoms with Gasteiger partial charge in [-0.2, -0.15) is 0 Å². The van der Waals surface area contributed by atoms with Gasteiger partial charge in [-0.25, -0.2) is 4.98 Å². The fourth-order valence-corrected chi connectivity index (χ4v) is 2.96. The summed E-state index contributed by atoms with van der Waals surface area (Å²) < 4.78 is 13.1. The van der Waals surface area contributed by atoms with Crippen molar-refractivity contribution in [3.8, 4) is 11.5 Å². The van der Waals surface area contributed by atoms with Crippen LogP contribution < -0.4 is 15.2 Å². The van der Waals surface area contributed by atoms with Crippen LogP contribution in [0.25, 0.3) is 0 Å². The fourth-order valence-electron chi connectivity index (χ4n) is 2.04. The van der Waals surface area contributed by atoms with Gasteiger partial charge in [-0.05, 0) is 17.7 Å². The van der Waals surface area contributed by atoms with E-state index in [2.05, 4.69) is 4.98 Å². The van der Waals surface area contributed by atoms with Gasteiger partial charge in [-0.3, -0.25) is 0 Å². The third-order valence-electron chi connectivity index (χ3n) is 3.16. The zero-order chi connectivity index (χ0) is 13.9. The minimum absolute atomic E-state index is 0.0625. The monoisotopic (exact) mass is 291 g/mol. The maximum Gasteiger partial charge on any atom is 0.167 e. The smallest absolute Gasteiger partial charge is 0.167 e. The number of nitrogens with two attached hydrogens (primary N) is 1. The van der Waals surface area contributed by atoms with E-state index in [1.165, 1.54) is 0 Å². The van der Waals surface area contributed by atoms with E-state index in [0.717, 1.165) is 28.0 Å². The second kappa shape index (κ2) is 5.76. The van der Waals surface area contributed by atoms with E-state index >= 15 is 0 Å². The molecule has 0 radical (unpaired) electrons. The van der Waals surface area contributed by atoms with Crippen LogP contribution in [0.4, 0.5) is 0 Å². The van der Waals surface area contributed by atoms with Crippen LogP contribution in [0.3, 0.4) is 0 Å². The molecule has 2 aromatic rings. The lowest BCUT2D eigenvalue weighted by Crippen LogP contribution is -2.17. The van der Waals surface area contributed by atoms with Crippen LogP contribution in [0.15, 0.2) is 35.7 Å². The van der Waals surface area contributed by atoms with E-state index in [4.69, 9.17) is 15.2 Å². The van der Waals surface area contributed by atoms with Crippen molar-refractivity contribution in [2.45, 2.75) is 11.2 Å². The predicted molar refractivity (Wildman–Crippen MR) is 78.3 cm³/mol. The lowest BCUT2D eigenvalue weighted by atomic mass is 10.1. The number of hydrogen-bond acceptors (Lipinski definition) is 5. The number of imidazole rings is 1. The second-order valence-corrected chi connectivity index (χ2v) is 5.63. The molecule has 6 heteroatoms. The van der Waals surface area contributed by atoms with Crippen LogP contribution in [-0.2, 0) is 7.05 Å². The van der Waals surface area contributed by atoms with Crippen molar-refractivity contribution in [1.82, 2.24) is 9.55 Å². The van der Waals surface area contributed by atoms with Crippen LogP contribution in [-0.4, -0.2) is 28.5 Å². The molecule has 0 amide bonds. The molecular weight excluding hydrogens is 274 g/mol. The number of aromatic nitrogens is 2.